The Labute approximate surface area is 173 Å². The Morgan fingerprint density at radius 3 is 2.52 bits per heavy atom. The van der Waals surface area contributed by atoms with Gasteiger partial charge in [0.15, 0.2) is 11.5 Å². The Morgan fingerprint density at radius 1 is 1.03 bits per heavy atom. The standard InChI is InChI=1S/C21H23N3O4S/c1-5-24-17(16-11-15(26-2)7-9-19(16)27-3)13-29-21(24)23-22-12-14-6-8-18(25)20(10-14)28-4/h6-13,25H,5H2,1-4H3/b22-12-,23-21-. The molecule has 152 valence electrons. The van der Waals surface area contributed by atoms with Gasteiger partial charge in [-0.1, -0.05) is 0 Å². The molecule has 3 aromatic rings. The van der Waals surface area contributed by atoms with Crippen molar-refractivity contribution in [3.8, 4) is 34.3 Å². The van der Waals surface area contributed by atoms with Crippen molar-refractivity contribution in [3.05, 3.63) is 52.1 Å². The van der Waals surface area contributed by atoms with Gasteiger partial charge in [0.2, 0.25) is 4.80 Å². The van der Waals surface area contributed by atoms with Gasteiger partial charge >= 0.3 is 0 Å². The van der Waals surface area contributed by atoms with Crippen molar-refractivity contribution in [2.45, 2.75) is 13.5 Å². The van der Waals surface area contributed by atoms with Gasteiger partial charge < -0.3 is 23.9 Å². The van der Waals surface area contributed by atoms with E-state index in [9.17, 15) is 5.11 Å². The predicted octanol–water partition coefficient (Wildman–Crippen LogP) is 3.90. The molecule has 0 bridgehead atoms. The fourth-order valence-electron chi connectivity index (χ4n) is 2.86. The first-order chi connectivity index (χ1) is 14.1. The van der Waals surface area contributed by atoms with E-state index in [1.807, 2.05) is 23.6 Å². The summed E-state index contributed by atoms with van der Waals surface area (Å²) in [6.07, 6.45) is 1.62. The number of rotatable bonds is 7. The molecule has 0 saturated heterocycles. The van der Waals surface area contributed by atoms with E-state index in [4.69, 9.17) is 14.2 Å². The number of ether oxygens (including phenoxy) is 3. The first kappa shape index (κ1) is 20.5. The molecule has 0 amide bonds. The largest absolute Gasteiger partial charge is 0.504 e. The van der Waals surface area contributed by atoms with Crippen LogP contribution in [0.15, 0.2) is 52.0 Å². The Morgan fingerprint density at radius 2 is 1.83 bits per heavy atom. The summed E-state index contributed by atoms with van der Waals surface area (Å²) in [7, 11) is 4.79. The number of hydrogen-bond donors (Lipinski definition) is 1. The van der Waals surface area contributed by atoms with Crippen LogP contribution in [0.4, 0.5) is 0 Å². The highest BCUT2D eigenvalue weighted by Gasteiger charge is 2.13. The third-order valence-corrected chi connectivity index (χ3v) is 5.20. The molecule has 2 aromatic carbocycles. The van der Waals surface area contributed by atoms with Crippen LogP contribution in [-0.4, -0.2) is 37.2 Å². The molecular formula is C21H23N3O4S. The number of nitrogens with zero attached hydrogens (tertiary/aromatic N) is 3. The Balaban J connectivity index is 1.98. The third-order valence-electron chi connectivity index (χ3n) is 4.35. The SMILES string of the molecule is CCn1c(-c2cc(OC)ccc2OC)cs/c1=N\N=C/c1ccc(O)c(OC)c1. The second-order valence-electron chi connectivity index (χ2n) is 5.99. The molecule has 3 rings (SSSR count). The molecule has 0 spiro atoms. The van der Waals surface area contributed by atoms with Crippen LogP contribution in [0.3, 0.4) is 0 Å². The van der Waals surface area contributed by atoms with Gasteiger partial charge in [0, 0.05) is 17.5 Å². The lowest BCUT2D eigenvalue weighted by atomic mass is 10.1. The van der Waals surface area contributed by atoms with Crippen LogP contribution in [0.2, 0.25) is 0 Å². The van der Waals surface area contributed by atoms with E-state index in [-0.39, 0.29) is 5.75 Å². The lowest BCUT2D eigenvalue weighted by Gasteiger charge is -2.12. The lowest BCUT2D eigenvalue weighted by Crippen LogP contribution is -2.14. The molecule has 0 aliphatic carbocycles. The van der Waals surface area contributed by atoms with E-state index in [0.717, 1.165) is 39.7 Å². The molecular weight excluding hydrogens is 390 g/mol. The molecule has 0 aliphatic rings. The molecule has 1 heterocycles. The second-order valence-corrected chi connectivity index (χ2v) is 6.83. The first-order valence-electron chi connectivity index (χ1n) is 8.96. The van der Waals surface area contributed by atoms with Gasteiger partial charge in [-0.2, -0.15) is 5.10 Å². The number of hydrogen-bond acceptors (Lipinski definition) is 7. The first-order valence-corrected chi connectivity index (χ1v) is 9.84. The zero-order chi connectivity index (χ0) is 20.8. The summed E-state index contributed by atoms with van der Waals surface area (Å²) < 4.78 is 18.1. The summed E-state index contributed by atoms with van der Waals surface area (Å²) in [4.78, 5) is 0.759. The number of aromatic hydroxyl groups is 1. The van der Waals surface area contributed by atoms with Crippen LogP contribution < -0.4 is 19.0 Å². The molecule has 8 heteroatoms. The van der Waals surface area contributed by atoms with Crippen LogP contribution in [0.5, 0.6) is 23.0 Å². The minimum absolute atomic E-state index is 0.0838. The van der Waals surface area contributed by atoms with E-state index in [0.29, 0.717) is 5.75 Å². The summed E-state index contributed by atoms with van der Waals surface area (Å²) >= 11 is 1.49. The number of methoxy groups -OCH3 is 3. The van der Waals surface area contributed by atoms with E-state index in [2.05, 4.69) is 21.7 Å². The van der Waals surface area contributed by atoms with E-state index in [1.54, 1.807) is 38.6 Å². The second kappa shape index (κ2) is 9.29. The van der Waals surface area contributed by atoms with Crippen LogP contribution in [-0.2, 0) is 6.54 Å². The van der Waals surface area contributed by atoms with Crippen molar-refractivity contribution >= 4 is 17.6 Å². The molecule has 0 radical (unpaired) electrons. The number of phenols is 1. The highest BCUT2D eigenvalue weighted by molar-refractivity contribution is 7.07. The van der Waals surface area contributed by atoms with E-state index < -0.39 is 0 Å². The zero-order valence-electron chi connectivity index (χ0n) is 16.7. The summed E-state index contributed by atoms with van der Waals surface area (Å²) in [5, 5.41) is 20.3. The molecule has 0 unspecified atom stereocenters. The summed E-state index contributed by atoms with van der Waals surface area (Å²) in [6, 6.07) is 10.7. The molecule has 0 atom stereocenters. The van der Waals surface area contributed by atoms with Gasteiger partial charge in [-0.25, -0.2) is 0 Å². The number of aromatic nitrogens is 1. The van der Waals surface area contributed by atoms with Crippen LogP contribution in [0.25, 0.3) is 11.3 Å². The normalized spacial score (nSPS) is 11.8. The fraction of sp³-hybridized carbons (Fsp3) is 0.238. The molecule has 1 N–H and O–H groups in total. The maximum atomic E-state index is 9.68. The van der Waals surface area contributed by atoms with Crippen LogP contribution >= 0.6 is 11.3 Å². The summed E-state index contributed by atoms with van der Waals surface area (Å²) in [6.45, 7) is 2.77. The van der Waals surface area contributed by atoms with Gasteiger partial charge in [0.1, 0.15) is 11.5 Å². The Kier molecular flexibility index (Phi) is 6.56. The highest BCUT2D eigenvalue weighted by atomic mass is 32.1. The van der Waals surface area contributed by atoms with Gasteiger partial charge in [-0.3, -0.25) is 0 Å². The minimum atomic E-state index is 0.0838. The van der Waals surface area contributed by atoms with Crippen molar-refractivity contribution in [1.29, 1.82) is 0 Å². The average molecular weight is 413 g/mol. The smallest absolute Gasteiger partial charge is 0.211 e. The molecule has 0 aliphatic heterocycles. The number of phenolic OH excluding ortho intramolecular Hbond substituents is 1. The van der Waals surface area contributed by atoms with Gasteiger partial charge in [0.25, 0.3) is 0 Å². The summed E-state index contributed by atoms with van der Waals surface area (Å²) in [5.74, 6) is 1.99. The third kappa shape index (κ3) is 4.43. The topological polar surface area (TPSA) is 77.6 Å². The molecule has 7 nitrogen and oxygen atoms in total. The average Bonchev–Trinajstić information content (AvgIpc) is 3.17. The Hall–Kier alpha value is -3.26. The number of benzene rings is 2. The summed E-state index contributed by atoms with van der Waals surface area (Å²) in [5.41, 5.74) is 2.69. The lowest BCUT2D eigenvalue weighted by molar-refractivity contribution is 0.373. The van der Waals surface area contributed by atoms with E-state index in [1.165, 1.54) is 18.4 Å². The quantitative estimate of drug-likeness (QED) is 0.471. The van der Waals surface area contributed by atoms with Crippen molar-refractivity contribution in [2.24, 2.45) is 10.2 Å². The molecule has 0 fully saturated rings. The van der Waals surface area contributed by atoms with Crippen LogP contribution in [0, 0.1) is 0 Å². The van der Waals surface area contributed by atoms with Gasteiger partial charge in [-0.05, 0) is 48.9 Å². The molecule has 29 heavy (non-hydrogen) atoms. The zero-order valence-corrected chi connectivity index (χ0v) is 17.6. The van der Waals surface area contributed by atoms with E-state index >= 15 is 0 Å². The van der Waals surface area contributed by atoms with Gasteiger partial charge in [-0.15, -0.1) is 16.4 Å². The van der Waals surface area contributed by atoms with Gasteiger partial charge in [0.05, 0.1) is 33.2 Å². The number of thiazole rings is 1. The minimum Gasteiger partial charge on any atom is -0.504 e. The monoisotopic (exact) mass is 413 g/mol. The van der Waals surface area contributed by atoms with Crippen molar-refractivity contribution in [1.82, 2.24) is 4.57 Å². The van der Waals surface area contributed by atoms with Crippen molar-refractivity contribution < 1.29 is 19.3 Å². The van der Waals surface area contributed by atoms with Crippen molar-refractivity contribution in [3.63, 3.8) is 0 Å². The predicted molar refractivity (Wildman–Crippen MR) is 114 cm³/mol. The van der Waals surface area contributed by atoms with Crippen molar-refractivity contribution in [2.75, 3.05) is 21.3 Å². The molecule has 1 aromatic heterocycles. The maximum Gasteiger partial charge on any atom is 0.211 e. The van der Waals surface area contributed by atoms with Crippen LogP contribution in [0.1, 0.15) is 12.5 Å². The highest BCUT2D eigenvalue weighted by Crippen LogP contribution is 2.33. The molecule has 0 saturated carbocycles. The fourth-order valence-corrected chi connectivity index (χ4v) is 3.78. The Bertz CT molecular complexity index is 1090. The maximum absolute atomic E-state index is 9.68.